The summed E-state index contributed by atoms with van der Waals surface area (Å²) in [5.74, 6) is -1.77. The molecule has 0 spiro atoms. The molecule has 0 saturated heterocycles. The molecule has 0 bridgehead atoms. The van der Waals surface area contributed by atoms with Crippen LogP contribution in [0.1, 0.15) is 37.7 Å². The first-order chi connectivity index (χ1) is 9.35. The quantitative estimate of drug-likeness (QED) is 0.896. The Morgan fingerprint density at radius 3 is 2.40 bits per heavy atom. The zero-order valence-electron chi connectivity index (χ0n) is 11.0. The number of aliphatic carboxylic acids is 1. The molecule has 4 nitrogen and oxygen atoms in total. The lowest BCUT2D eigenvalue weighted by atomic mass is 9.76. The predicted molar refractivity (Wildman–Crippen MR) is 77.2 cm³/mol. The van der Waals surface area contributed by atoms with Crippen LogP contribution in [-0.4, -0.2) is 22.5 Å². The van der Waals surface area contributed by atoms with Gasteiger partial charge >= 0.3 is 5.97 Å². The van der Waals surface area contributed by atoms with Gasteiger partial charge in [0.2, 0.25) is 5.91 Å². The Balaban J connectivity index is 2.12. The second kappa shape index (κ2) is 5.62. The van der Waals surface area contributed by atoms with Crippen molar-refractivity contribution in [2.45, 2.75) is 37.6 Å². The Hall–Kier alpha value is -1.26. The molecule has 108 valence electrons. The first-order valence-corrected chi connectivity index (χ1v) is 7.12. The minimum absolute atomic E-state index is 0.314. The highest BCUT2D eigenvalue weighted by molar-refractivity contribution is 6.42. The van der Waals surface area contributed by atoms with Gasteiger partial charge in [0.1, 0.15) is 5.54 Å². The lowest BCUT2D eigenvalue weighted by Crippen LogP contribution is -2.59. The van der Waals surface area contributed by atoms with E-state index in [1.54, 1.807) is 25.1 Å². The Morgan fingerprint density at radius 1 is 1.30 bits per heavy atom. The molecule has 6 heteroatoms. The number of benzene rings is 1. The molecule has 2 rings (SSSR count). The number of nitrogens with one attached hydrogen (secondary N) is 1. The maximum atomic E-state index is 12.2. The number of hydrogen-bond acceptors (Lipinski definition) is 2. The smallest absolute Gasteiger partial charge is 0.329 e. The van der Waals surface area contributed by atoms with E-state index in [0.717, 1.165) is 6.42 Å². The first kappa shape index (κ1) is 15.1. The second-order valence-corrected chi connectivity index (χ2v) is 5.94. The summed E-state index contributed by atoms with van der Waals surface area (Å²) in [5, 5.41) is 12.7. The number of amides is 1. The van der Waals surface area contributed by atoms with Gasteiger partial charge in [-0.2, -0.15) is 0 Å². The van der Waals surface area contributed by atoms with Crippen molar-refractivity contribution >= 4 is 35.1 Å². The Morgan fingerprint density at radius 2 is 1.95 bits per heavy atom. The molecule has 20 heavy (non-hydrogen) atoms. The number of rotatable bonds is 4. The third kappa shape index (κ3) is 2.76. The minimum Gasteiger partial charge on any atom is -0.480 e. The summed E-state index contributed by atoms with van der Waals surface area (Å²) in [6, 6.07) is 4.97. The topological polar surface area (TPSA) is 66.4 Å². The highest BCUT2D eigenvalue weighted by Crippen LogP contribution is 2.33. The number of carboxylic acids is 1. The highest BCUT2D eigenvalue weighted by atomic mass is 35.5. The van der Waals surface area contributed by atoms with Crippen LogP contribution >= 0.6 is 23.2 Å². The highest BCUT2D eigenvalue weighted by Gasteiger charge is 2.46. The molecule has 1 aromatic carbocycles. The van der Waals surface area contributed by atoms with Gasteiger partial charge in [-0.25, -0.2) is 4.79 Å². The number of carbonyl (C=O) groups is 2. The molecule has 0 radical (unpaired) electrons. The van der Waals surface area contributed by atoms with E-state index in [-0.39, 0.29) is 5.91 Å². The number of hydrogen-bond donors (Lipinski definition) is 2. The SMILES string of the molecule is CC(C(=O)NC1(C(=O)O)CCC1)c1ccc(Cl)c(Cl)c1. The fourth-order valence-electron chi connectivity index (χ4n) is 2.20. The van der Waals surface area contributed by atoms with E-state index >= 15 is 0 Å². The van der Waals surface area contributed by atoms with Crippen molar-refractivity contribution in [1.82, 2.24) is 5.32 Å². The molecule has 1 saturated carbocycles. The van der Waals surface area contributed by atoms with Crippen LogP contribution in [-0.2, 0) is 9.59 Å². The number of carboxylic acid groups (broad SMARTS) is 1. The van der Waals surface area contributed by atoms with Gasteiger partial charge in [-0.05, 0) is 43.9 Å². The van der Waals surface area contributed by atoms with E-state index in [9.17, 15) is 14.7 Å². The molecule has 1 amide bonds. The molecule has 1 aliphatic carbocycles. The molecular weight excluding hydrogens is 301 g/mol. The van der Waals surface area contributed by atoms with Crippen LogP contribution in [0.5, 0.6) is 0 Å². The van der Waals surface area contributed by atoms with Gasteiger partial charge in [0, 0.05) is 0 Å². The monoisotopic (exact) mass is 315 g/mol. The summed E-state index contributed by atoms with van der Waals surface area (Å²) in [4.78, 5) is 23.4. The van der Waals surface area contributed by atoms with Crippen LogP contribution in [0.25, 0.3) is 0 Å². The van der Waals surface area contributed by atoms with E-state index in [1.807, 2.05) is 0 Å². The molecule has 2 N–H and O–H groups in total. The molecule has 1 atom stereocenters. The molecule has 1 aromatic rings. The maximum absolute atomic E-state index is 12.2. The van der Waals surface area contributed by atoms with Crippen LogP contribution in [0.15, 0.2) is 18.2 Å². The van der Waals surface area contributed by atoms with Gasteiger partial charge < -0.3 is 10.4 Å². The van der Waals surface area contributed by atoms with E-state index < -0.39 is 17.4 Å². The van der Waals surface area contributed by atoms with Crippen LogP contribution in [0, 0.1) is 0 Å². The molecule has 0 aliphatic heterocycles. The first-order valence-electron chi connectivity index (χ1n) is 6.36. The van der Waals surface area contributed by atoms with Gasteiger partial charge in [-0.15, -0.1) is 0 Å². The average Bonchev–Trinajstić information content (AvgIpc) is 2.35. The summed E-state index contributed by atoms with van der Waals surface area (Å²) >= 11 is 11.8. The molecular formula is C14H15Cl2NO3. The van der Waals surface area contributed by atoms with Crippen molar-refractivity contribution in [1.29, 1.82) is 0 Å². The summed E-state index contributed by atoms with van der Waals surface area (Å²) in [6.07, 6.45) is 1.76. The third-order valence-electron chi connectivity index (χ3n) is 3.82. The largest absolute Gasteiger partial charge is 0.480 e. The average molecular weight is 316 g/mol. The van der Waals surface area contributed by atoms with E-state index in [1.165, 1.54) is 0 Å². The molecule has 1 aliphatic rings. The second-order valence-electron chi connectivity index (χ2n) is 5.13. The summed E-state index contributed by atoms with van der Waals surface area (Å²) in [5.41, 5.74) is -0.390. The van der Waals surface area contributed by atoms with Gasteiger partial charge in [-0.3, -0.25) is 4.79 Å². The van der Waals surface area contributed by atoms with Gasteiger partial charge in [0.15, 0.2) is 0 Å². The van der Waals surface area contributed by atoms with Crippen molar-refractivity contribution in [3.8, 4) is 0 Å². The fourth-order valence-corrected chi connectivity index (χ4v) is 2.51. The number of carbonyl (C=O) groups excluding carboxylic acids is 1. The van der Waals surface area contributed by atoms with E-state index in [0.29, 0.717) is 28.5 Å². The van der Waals surface area contributed by atoms with Crippen molar-refractivity contribution < 1.29 is 14.7 Å². The van der Waals surface area contributed by atoms with Gasteiger partial charge in [0.05, 0.1) is 16.0 Å². The third-order valence-corrected chi connectivity index (χ3v) is 4.55. The fraction of sp³-hybridized carbons (Fsp3) is 0.429. The summed E-state index contributed by atoms with van der Waals surface area (Å²) in [7, 11) is 0. The Kier molecular flexibility index (Phi) is 4.25. The van der Waals surface area contributed by atoms with Crippen LogP contribution < -0.4 is 5.32 Å². The lowest BCUT2D eigenvalue weighted by molar-refractivity contribution is -0.152. The lowest BCUT2D eigenvalue weighted by Gasteiger charge is -2.39. The maximum Gasteiger partial charge on any atom is 0.329 e. The zero-order chi connectivity index (χ0) is 14.9. The standard InChI is InChI=1S/C14H15Cl2NO3/c1-8(9-3-4-10(15)11(16)7-9)12(18)17-14(13(19)20)5-2-6-14/h3-4,7-8H,2,5-6H2,1H3,(H,17,18)(H,19,20). The summed E-state index contributed by atoms with van der Waals surface area (Å²) < 4.78 is 0. The van der Waals surface area contributed by atoms with Crippen molar-refractivity contribution in [3.63, 3.8) is 0 Å². The van der Waals surface area contributed by atoms with E-state index in [4.69, 9.17) is 23.2 Å². The van der Waals surface area contributed by atoms with Gasteiger partial charge in [-0.1, -0.05) is 29.3 Å². The van der Waals surface area contributed by atoms with Crippen molar-refractivity contribution in [2.24, 2.45) is 0 Å². The molecule has 1 unspecified atom stereocenters. The van der Waals surface area contributed by atoms with Crippen molar-refractivity contribution in [2.75, 3.05) is 0 Å². The Labute approximate surface area is 127 Å². The zero-order valence-corrected chi connectivity index (χ0v) is 12.5. The van der Waals surface area contributed by atoms with Gasteiger partial charge in [0.25, 0.3) is 0 Å². The van der Waals surface area contributed by atoms with Crippen molar-refractivity contribution in [3.05, 3.63) is 33.8 Å². The summed E-state index contributed by atoms with van der Waals surface area (Å²) in [6.45, 7) is 1.71. The molecule has 0 heterocycles. The number of halogens is 2. The Bertz CT molecular complexity index is 555. The molecule has 0 aromatic heterocycles. The van der Waals surface area contributed by atoms with Crippen LogP contribution in [0.3, 0.4) is 0 Å². The minimum atomic E-state index is -1.10. The van der Waals surface area contributed by atoms with E-state index in [2.05, 4.69) is 5.32 Å². The van der Waals surface area contributed by atoms with Crippen LogP contribution in [0.4, 0.5) is 0 Å². The van der Waals surface area contributed by atoms with Crippen LogP contribution in [0.2, 0.25) is 10.0 Å². The predicted octanol–water partition coefficient (Wildman–Crippen LogP) is 3.22. The molecule has 1 fully saturated rings. The normalized spacial score (nSPS) is 17.9.